The topological polar surface area (TPSA) is 53.2 Å². The minimum atomic E-state index is 0.0342. The largest absolute Gasteiger partial charge is 0.488 e. The Bertz CT molecular complexity index is 603. The van der Waals surface area contributed by atoms with E-state index >= 15 is 0 Å². The van der Waals surface area contributed by atoms with Gasteiger partial charge in [0.2, 0.25) is 0 Å². The minimum absolute atomic E-state index is 0.0342. The lowest BCUT2D eigenvalue weighted by molar-refractivity contribution is 0.281. The third-order valence-electron chi connectivity index (χ3n) is 2.66. The summed E-state index contributed by atoms with van der Waals surface area (Å²) in [6.07, 6.45) is 0. The van der Waals surface area contributed by atoms with Crippen LogP contribution in [-0.2, 0) is 13.2 Å². The van der Waals surface area contributed by atoms with Crippen LogP contribution in [0.1, 0.15) is 16.7 Å². The van der Waals surface area contributed by atoms with E-state index in [0.29, 0.717) is 17.9 Å². The van der Waals surface area contributed by atoms with E-state index in [1.54, 1.807) is 12.1 Å². The Morgan fingerprint density at radius 3 is 2.42 bits per heavy atom. The van der Waals surface area contributed by atoms with Crippen LogP contribution in [-0.4, -0.2) is 5.11 Å². The van der Waals surface area contributed by atoms with Gasteiger partial charge in [0.05, 0.1) is 12.2 Å². The molecule has 0 saturated carbocycles. The van der Waals surface area contributed by atoms with Crippen LogP contribution in [0.4, 0.5) is 0 Å². The molecule has 3 nitrogen and oxygen atoms in total. The summed E-state index contributed by atoms with van der Waals surface area (Å²) in [5.74, 6) is 0.567. The summed E-state index contributed by atoms with van der Waals surface area (Å²) in [5, 5.41) is 18.0. The van der Waals surface area contributed by atoms with Crippen molar-refractivity contribution < 1.29 is 9.84 Å². The smallest absolute Gasteiger partial charge is 0.137 e. The van der Waals surface area contributed by atoms with Crippen LogP contribution >= 0.6 is 15.9 Å². The zero-order valence-electron chi connectivity index (χ0n) is 10.1. The molecule has 0 heterocycles. The number of aliphatic hydroxyl groups is 1. The molecule has 0 radical (unpaired) electrons. The first kappa shape index (κ1) is 13.6. The summed E-state index contributed by atoms with van der Waals surface area (Å²) in [5.41, 5.74) is 2.36. The molecule has 19 heavy (non-hydrogen) atoms. The first-order valence-corrected chi connectivity index (χ1v) is 6.53. The number of rotatable bonds is 4. The van der Waals surface area contributed by atoms with E-state index in [-0.39, 0.29) is 6.61 Å². The van der Waals surface area contributed by atoms with Crippen LogP contribution in [0.5, 0.6) is 5.75 Å². The number of nitrogens with zero attached hydrogens (tertiary/aromatic N) is 1. The Hall–Kier alpha value is -1.83. The van der Waals surface area contributed by atoms with Gasteiger partial charge in [-0.3, -0.25) is 0 Å². The highest BCUT2D eigenvalue weighted by atomic mass is 79.9. The van der Waals surface area contributed by atoms with E-state index in [0.717, 1.165) is 15.6 Å². The first-order valence-electron chi connectivity index (χ1n) is 5.74. The molecule has 0 saturated heterocycles. The molecule has 0 aromatic heterocycles. The second kappa shape index (κ2) is 6.37. The summed E-state index contributed by atoms with van der Waals surface area (Å²) < 4.78 is 6.49. The molecule has 0 fully saturated rings. The maximum Gasteiger partial charge on any atom is 0.137 e. The molecule has 0 amide bonds. The zero-order chi connectivity index (χ0) is 13.7. The van der Waals surface area contributed by atoms with Gasteiger partial charge in [0.15, 0.2) is 0 Å². The maximum atomic E-state index is 9.03. The second-order valence-corrected chi connectivity index (χ2v) is 4.93. The van der Waals surface area contributed by atoms with Crippen molar-refractivity contribution in [2.75, 3.05) is 0 Å². The molecule has 2 aromatic carbocycles. The number of nitriles is 1. The average Bonchev–Trinajstić information content (AvgIpc) is 2.46. The molecule has 96 valence electrons. The Balaban J connectivity index is 2.08. The molecule has 0 atom stereocenters. The van der Waals surface area contributed by atoms with Crippen molar-refractivity contribution in [3.8, 4) is 11.8 Å². The monoisotopic (exact) mass is 317 g/mol. The highest BCUT2D eigenvalue weighted by Crippen LogP contribution is 2.23. The Morgan fingerprint density at radius 2 is 1.79 bits per heavy atom. The van der Waals surface area contributed by atoms with Crippen LogP contribution in [0.3, 0.4) is 0 Å². The molecule has 0 aliphatic heterocycles. The van der Waals surface area contributed by atoms with Crippen LogP contribution in [0.25, 0.3) is 0 Å². The SMILES string of the molecule is N#Cc1cc(Br)ccc1OCc1ccc(CO)cc1. The molecule has 0 bridgehead atoms. The van der Waals surface area contributed by atoms with E-state index in [1.807, 2.05) is 30.3 Å². The van der Waals surface area contributed by atoms with Gasteiger partial charge in [0, 0.05) is 4.47 Å². The summed E-state index contributed by atoms with van der Waals surface area (Å²) in [6.45, 7) is 0.425. The fourth-order valence-corrected chi connectivity index (χ4v) is 1.98. The van der Waals surface area contributed by atoms with Crippen molar-refractivity contribution in [3.05, 3.63) is 63.6 Å². The molecule has 0 aliphatic carbocycles. The third-order valence-corrected chi connectivity index (χ3v) is 3.16. The number of halogens is 1. The number of ether oxygens (including phenoxy) is 1. The zero-order valence-corrected chi connectivity index (χ0v) is 11.7. The number of benzene rings is 2. The summed E-state index contributed by atoms with van der Waals surface area (Å²) in [4.78, 5) is 0. The summed E-state index contributed by atoms with van der Waals surface area (Å²) in [6, 6.07) is 14.9. The van der Waals surface area contributed by atoms with E-state index in [1.165, 1.54) is 0 Å². The third kappa shape index (κ3) is 3.57. The highest BCUT2D eigenvalue weighted by molar-refractivity contribution is 9.10. The fourth-order valence-electron chi connectivity index (χ4n) is 1.62. The van der Waals surface area contributed by atoms with Gasteiger partial charge in [0.25, 0.3) is 0 Å². The van der Waals surface area contributed by atoms with Crippen LogP contribution in [0, 0.1) is 11.3 Å². The standard InChI is InChI=1S/C15H12BrNO2/c16-14-5-6-15(13(7-14)8-17)19-10-12-3-1-11(9-18)2-4-12/h1-7,18H,9-10H2. The van der Waals surface area contributed by atoms with Crippen molar-refractivity contribution in [1.82, 2.24) is 0 Å². The maximum absolute atomic E-state index is 9.03. The molecule has 2 aromatic rings. The van der Waals surface area contributed by atoms with Gasteiger partial charge >= 0.3 is 0 Å². The van der Waals surface area contributed by atoms with Crippen LogP contribution in [0.2, 0.25) is 0 Å². The van der Waals surface area contributed by atoms with Crippen molar-refractivity contribution >= 4 is 15.9 Å². The van der Waals surface area contributed by atoms with Gasteiger partial charge in [-0.05, 0) is 29.3 Å². The van der Waals surface area contributed by atoms with Crippen LogP contribution in [0.15, 0.2) is 46.9 Å². The second-order valence-electron chi connectivity index (χ2n) is 4.02. The van der Waals surface area contributed by atoms with Crippen molar-refractivity contribution in [1.29, 1.82) is 5.26 Å². The van der Waals surface area contributed by atoms with Crippen molar-refractivity contribution in [2.24, 2.45) is 0 Å². The van der Waals surface area contributed by atoms with E-state index in [2.05, 4.69) is 22.0 Å². The van der Waals surface area contributed by atoms with Crippen molar-refractivity contribution in [3.63, 3.8) is 0 Å². The number of hydrogen-bond acceptors (Lipinski definition) is 3. The lowest BCUT2D eigenvalue weighted by atomic mass is 10.1. The normalized spacial score (nSPS) is 9.95. The molecule has 0 aliphatic rings. The summed E-state index contributed by atoms with van der Waals surface area (Å²) in [7, 11) is 0. The van der Waals surface area contributed by atoms with Gasteiger partial charge in [0.1, 0.15) is 18.4 Å². The number of hydrogen-bond donors (Lipinski definition) is 1. The number of aliphatic hydroxyl groups excluding tert-OH is 1. The predicted molar refractivity (Wildman–Crippen MR) is 75.6 cm³/mol. The van der Waals surface area contributed by atoms with Gasteiger partial charge < -0.3 is 9.84 Å². The molecule has 2 rings (SSSR count). The Labute approximate surface area is 120 Å². The fraction of sp³-hybridized carbons (Fsp3) is 0.133. The summed E-state index contributed by atoms with van der Waals surface area (Å²) >= 11 is 3.32. The van der Waals surface area contributed by atoms with E-state index in [9.17, 15) is 0 Å². The average molecular weight is 318 g/mol. The molecular weight excluding hydrogens is 306 g/mol. The van der Waals surface area contributed by atoms with Gasteiger partial charge in [-0.2, -0.15) is 5.26 Å². The molecule has 0 unspecified atom stereocenters. The highest BCUT2D eigenvalue weighted by Gasteiger charge is 2.04. The lowest BCUT2D eigenvalue weighted by Crippen LogP contribution is -1.97. The van der Waals surface area contributed by atoms with Crippen LogP contribution < -0.4 is 4.74 Å². The quantitative estimate of drug-likeness (QED) is 0.940. The predicted octanol–water partition coefficient (Wildman–Crippen LogP) is 3.39. The Kier molecular flexibility index (Phi) is 4.56. The Morgan fingerprint density at radius 1 is 1.11 bits per heavy atom. The van der Waals surface area contributed by atoms with Crippen molar-refractivity contribution in [2.45, 2.75) is 13.2 Å². The first-order chi connectivity index (χ1) is 9.22. The molecule has 0 spiro atoms. The lowest BCUT2D eigenvalue weighted by Gasteiger charge is -2.08. The molecular formula is C15H12BrNO2. The molecule has 4 heteroatoms. The van der Waals surface area contributed by atoms with Gasteiger partial charge in [-0.1, -0.05) is 40.2 Å². The van der Waals surface area contributed by atoms with E-state index < -0.39 is 0 Å². The minimum Gasteiger partial charge on any atom is -0.488 e. The van der Waals surface area contributed by atoms with Gasteiger partial charge in [-0.25, -0.2) is 0 Å². The van der Waals surface area contributed by atoms with Gasteiger partial charge in [-0.15, -0.1) is 0 Å². The van der Waals surface area contributed by atoms with E-state index in [4.69, 9.17) is 15.1 Å². The molecule has 1 N–H and O–H groups in total.